The lowest BCUT2D eigenvalue weighted by atomic mass is 10.1. The summed E-state index contributed by atoms with van der Waals surface area (Å²) in [6, 6.07) is 18.1. The molecule has 0 aliphatic rings. The quantitative estimate of drug-likeness (QED) is 0.422. The molecule has 0 aliphatic carbocycles. The number of halogens is 3. The number of amides is 1. The summed E-state index contributed by atoms with van der Waals surface area (Å²) < 4.78 is 40.2. The Kier molecular flexibility index (Phi) is 5.44. The number of carboxylic acids is 1. The number of carbonyl (C=O) groups excluding carboxylic acids is 1. The third-order valence-corrected chi connectivity index (χ3v) is 5.07. The van der Waals surface area contributed by atoms with Crippen molar-refractivity contribution in [2.45, 2.75) is 12.7 Å². The second kappa shape index (κ2) is 8.22. The molecule has 0 saturated carbocycles. The predicted octanol–water partition coefficient (Wildman–Crippen LogP) is 5.66. The van der Waals surface area contributed by atoms with Gasteiger partial charge in [0.2, 0.25) is 0 Å². The highest BCUT2D eigenvalue weighted by atomic mass is 19.4. The molecular weight excluding hydrogens is 421 g/mol. The number of aromatic nitrogens is 1. The van der Waals surface area contributed by atoms with Crippen LogP contribution in [0.25, 0.3) is 10.9 Å². The summed E-state index contributed by atoms with van der Waals surface area (Å²) in [6.45, 7) is 0.262. The Morgan fingerprint density at radius 2 is 1.53 bits per heavy atom. The first-order valence-corrected chi connectivity index (χ1v) is 9.62. The Morgan fingerprint density at radius 3 is 2.22 bits per heavy atom. The molecular formula is C24H17F3N2O3. The lowest BCUT2D eigenvalue weighted by molar-refractivity contribution is -0.137. The minimum atomic E-state index is -4.41. The highest BCUT2D eigenvalue weighted by molar-refractivity contribution is 6.14. The van der Waals surface area contributed by atoms with Crippen LogP contribution in [-0.4, -0.2) is 21.6 Å². The number of para-hydroxylation sites is 2. The summed E-state index contributed by atoms with van der Waals surface area (Å²) >= 11 is 0. The maximum absolute atomic E-state index is 13.0. The number of nitrogens with one attached hydrogen (secondary N) is 1. The number of rotatable bonds is 5. The lowest BCUT2D eigenvalue weighted by Gasteiger charge is -2.09. The summed E-state index contributed by atoms with van der Waals surface area (Å²) in [5, 5.41) is 12.6. The first-order chi connectivity index (χ1) is 15.2. The van der Waals surface area contributed by atoms with Crippen LogP contribution in [0.4, 0.5) is 18.9 Å². The fraction of sp³-hybridized carbons (Fsp3) is 0.0833. The fourth-order valence-electron chi connectivity index (χ4n) is 3.52. The van der Waals surface area contributed by atoms with Gasteiger partial charge in [-0.2, -0.15) is 13.2 Å². The van der Waals surface area contributed by atoms with Crippen molar-refractivity contribution in [1.82, 2.24) is 4.57 Å². The van der Waals surface area contributed by atoms with Gasteiger partial charge in [0.1, 0.15) is 0 Å². The molecule has 8 heteroatoms. The van der Waals surface area contributed by atoms with E-state index in [1.54, 1.807) is 47.2 Å². The molecule has 3 aromatic carbocycles. The Morgan fingerprint density at radius 1 is 0.875 bits per heavy atom. The van der Waals surface area contributed by atoms with E-state index >= 15 is 0 Å². The molecule has 0 bridgehead atoms. The molecule has 0 saturated heterocycles. The average molecular weight is 438 g/mol. The van der Waals surface area contributed by atoms with Crippen LogP contribution in [0.15, 0.2) is 79.0 Å². The molecule has 32 heavy (non-hydrogen) atoms. The summed E-state index contributed by atoms with van der Waals surface area (Å²) in [5.74, 6) is -1.65. The Balaban J connectivity index is 1.66. The van der Waals surface area contributed by atoms with Gasteiger partial charge in [0.05, 0.1) is 22.4 Å². The van der Waals surface area contributed by atoms with Crippen LogP contribution in [0, 0.1) is 0 Å². The zero-order valence-electron chi connectivity index (χ0n) is 16.6. The van der Waals surface area contributed by atoms with Crippen LogP contribution in [0.5, 0.6) is 0 Å². The Bertz CT molecular complexity index is 1310. The zero-order chi connectivity index (χ0) is 22.9. The van der Waals surface area contributed by atoms with Crippen molar-refractivity contribution in [2.24, 2.45) is 0 Å². The summed E-state index contributed by atoms with van der Waals surface area (Å²) in [6.07, 6.45) is -2.79. The van der Waals surface area contributed by atoms with Gasteiger partial charge in [-0.1, -0.05) is 42.5 Å². The van der Waals surface area contributed by atoms with Gasteiger partial charge >= 0.3 is 12.1 Å². The van der Waals surface area contributed by atoms with E-state index in [-0.39, 0.29) is 17.8 Å². The molecule has 0 unspecified atom stereocenters. The molecule has 2 N–H and O–H groups in total. The molecule has 162 valence electrons. The molecule has 1 aromatic heterocycles. The summed E-state index contributed by atoms with van der Waals surface area (Å²) in [4.78, 5) is 24.4. The normalized spacial score (nSPS) is 11.5. The number of hydrogen-bond acceptors (Lipinski definition) is 2. The first kappa shape index (κ1) is 21.2. The SMILES string of the molecule is O=C(O)c1ccccc1NC(=O)c1cn(Cc2ccc(C(F)(F)F)cc2)c2ccccc12. The second-order valence-electron chi connectivity index (χ2n) is 7.19. The van der Waals surface area contributed by atoms with E-state index in [4.69, 9.17) is 0 Å². The maximum atomic E-state index is 13.0. The van der Waals surface area contributed by atoms with Gasteiger partial charge in [-0.05, 0) is 35.9 Å². The van der Waals surface area contributed by atoms with Crippen LogP contribution < -0.4 is 5.32 Å². The van der Waals surface area contributed by atoms with Crippen molar-refractivity contribution < 1.29 is 27.9 Å². The van der Waals surface area contributed by atoms with E-state index in [1.807, 2.05) is 0 Å². The molecule has 1 amide bonds. The van der Waals surface area contributed by atoms with Crippen molar-refractivity contribution in [3.63, 3.8) is 0 Å². The number of anilines is 1. The van der Waals surface area contributed by atoms with Gasteiger partial charge in [0, 0.05) is 23.6 Å². The lowest BCUT2D eigenvalue weighted by Crippen LogP contribution is -2.14. The minimum absolute atomic E-state index is 0.0330. The number of alkyl halides is 3. The van der Waals surface area contributed by atoms with Crippen LogP contribution in [0.3, 0.4) is 0 Å². The van der Waals surface area contributed by atoms with Crippen molar-refractivity contribution in [3.05, 3.63) is 101 Å². The van der Waals surface area contributed by atoms with Crippen LogP contribution in [0.1, 0.15) is 31.8 Å². The van der Waals surface area contributed by atoms with Gasteiger partial charge in [-0.3, -0.25) is 4.79 Å². The van der Waals surface area contributed by atoms with Crippen LogP contribution in [0.2, 0.25) is 0 Å². The van der Waals surface area contributed by atoms with E-state index in [0.29, 0.717) is 16.5 Å². The molecule has 4 aromatic rings. The molecule has 0 aliphatic heterocycles. The third kappa shape index (κ3) is 4.20. The predicted molar refractivity (Wildman–Crippen MR) is 114 cm³/mol. The van der Waals surface area contributed by atoms with E-state index in [1.165, 1.54) is 24.3 Å². The summed E-state index contributed by atoms with van der Waals surface area (Å²) in [5.41, 5.74) is 1.10. The Labute approximate surface area is 180 Å². The minimum Gasteiger partial charge on any atom is -0.478 e. The number of benzene rings is 3. The first-order valence-electron chi connectivity index (χ1n) is 9.62. The van der Waals surface area contributed by atoms with Gasteiger partial charge in [-0.25, -0.2) is 4.79 Å². The molecule has 0 spiro atoms. The van der Waals surface area contributed by atoms with Crippen LogP contribution >= 0.6 is 0 Å². The highest BCUT2D eigenvalue weighted by Gasteiger charge is 2.30. The Hall–Kier alpha value is -4.07. The zero-order valence-corrected chi connectivity index (χ0v) is 16.6. The molecule has 0 atom stereocenters. The van der Waals surface area contributed by atoms with Gasteiger partial charge < -0.3 is 15.0 Å². The molecule has 5 nitrogen and oxygen atoms in total. The maximum Gasteiger partial charge on any atom is 0.416 e. The van der Waals surface area contributed by atoms with Gasteiger partial charge in [-0.15, -0.1) is 0 Å². The van der Waals surface area contributed by atoms with Crippen molar-refractivity contribution >= 4 is 28.5 Å². The number of carbonyl (C=O) groups is 2. The second-order valence-corrected chi connectivity index (χ2v) is 7.19. The van der Waals surface area contributed by atoms with E-state index in [0.717, 1.165) is 17.6 Å². The number of aromatic carboxylic acids is 1. The van der Waals surface area contributed by atoms with Crippen molar-refractivity contribution in [1.29, 1.82) is 0 Å². The average Bonchev–Trinajstić information content (AvgIpc) is 3.12. The number of fused-ring (bicyclic) bond motifs is 1. The monoisotopic (exact) mass is 438 g/mol. The van der Waals surface area contributed by atoms with Crippen LogP contribution in [-0.2, 0) is 12.7 Å². The smallest absolute Gasteiger partial charge is 0.416 e. The van der Waals surface area contributed by atoms with Crippen molar-refractivity contribution in [3.8, 4) is 0 Å². The fourth-order valence-corrected chi connectivity index (χ4v) is 3.52. The van der Waals surface area contributed by atoms with E-state index < -0.39 is 23.6 Å². The van der Waals surface area contributed by atoms with Gasteiger partial charge in [0.25, 0.3) is 5.91 Å². The van der Waals surface area contributed by atoms with E-state index in [2.05, 4.69) is 5.32 Å². The van der Waals surface area contributed by atoms with Crippen molar-refractivity contribution in [2.75, 3.05) is 5.32 Å². The molecule has 0 radical (unpaired) electrons. The molecule has 0 fully saturated rings. The third-order valence-electron chi connectivity index (χ3n) is 5.07. The topological polar surface area (TPSA) is 71.3 Å². The number of nitrogens with zero attached hydrogens (tertiary/aromatic N) is 1. The van der Waals surface area contributed by atoms with E-state index in [9.17, 15) is 27.9 Å². The number of hydrogen-bond donors (Lipinski definition) is 2. The van der Waals surface area contributed by atoms with Gasteiger partial charge in [0.15, 0.2) is 0 Å². The standard InChI is InChI=1S/C24H17F3N2O3/c25-24(26,27)16-11-9-15(10-12-16)13-29-14-19(17-5-2-4-8-21(17)29)22(30)28-20-7-3-1-6-18(20)23(31)32/h1-12,14H,13H2,(H,28,30)(H,31,32). The number of carboxylic acid groups (broad SMARTS) is 1. The molecule has 1 heterocycles. The largest absolute Gasteiger partial charge is 0.478 e. The highest BCUT2D eigenvalue weighted by Crippen LogP contribution is 2.30. The summed E-state index contributed by atoms with van der Waals surface area (Å²) in [7, 11) is 0. The molecule has 4 rings (SSSR count).